The lowest BCUT2D eigenvalue weighted by atomic mass is 10.2. The molecule has 1 aromatic heterocycles. The number of aliphatic hydroxyl groups excluding tert-OH is 1. The third-order valence-corrected chi connectivity index (χ3v) is 4.84. The summed E-state index contributed by atoms with van der Waals surface area (Å²) < 4.78 is 5.31. The van der Waals surface area contributed by atoms with Crippen molar-refractivity contribution in [1.29, 1.82) is 0 Å². The quantitative estimate of drug-likeness (QED) is 0.746. The summed E-state index contributed by atoms with van der Waals surface area (Å²) in [6.45, 7) is 10.7. The number of rotatable bonds is 8. The molecule has 19 heavy (non-hydrogen) atoms. The van der Waals surface area contributed by atoms with E-state index in [0.717, 1.165) is 12.2 Å². The van der Waals surface area contributed by atoms with Crippen molar-refractivity contribution in [2.45, 2.75) is 39.7 Å². The predicted molar refractivity (Wildman–Crippen MR) is 79.9 cm³/mol. The molecule has 0 aliphatic carbocycles. The van der Waals surface area contributed by atoms with Crippen LogP contribution in [0.4, 0.5) is 0 Å². The van der Waals surface area contributed by atoms with Gasteiger partial charge in [-0.25, -0.2) is 4.98 Å². The lowest BCUT2D eigenvalue weighted by molar-refractivity contribution is 0.0721. The van der Waals surface area contributed by atoms with E-state index in [1.165, 1.54) is 9.88 Å². The van der Waals surface area contributed by atoms with E-state index in [4.69, 9.17) is 9.84 Å². The highest BCUT2D eigenvalue weighted by Crippen LogP contribution is 2.31. The summed E-state index contributed by atoms with van der Waals surface area (Å²) in [7, 11) is 2.10. The third-order valence-electron chi connectivity index (χ3n) is 3.21. The van der Waals surface area contributed by atoms with Crippen LogP contribution < -0.4 is 0 Å². The second-order valence-electron chi connectivity index (χ2n) is 5.15. The molecule has 0 aliphatic heterocycles. The van der Waals surface area contributed by atoms with Crippen molar-refractivity contribution in [3.63, 3.8) is 0 Å². The monoisotopic (exact) mass is 286 g/mol. The molecule has 0 saturated heterocycles. The largest absolute Gasteiger partial charge is 0.394 e. The van der Waals surface area contributed by atoms with Gasteiger partial charge < -0.3 is 9.84 Å². The van der Waals surface area contributed by atoms with Crippen LogP contribution in [0, 0.1) is 6.92 Å². The molecule has 4 nitrogen and oxygen atoms in total. The lowest BCUT2D eigenvalue weighted by Gasteiger charge is -2.24. The van der Waals surface area contributed by atoms with Gasteiger partial charge in [-0.2, -0.15) is 0 Å². The van der Waals surface area contributed by atoms with Crippen molar-refractivity contribution in [2.24, 2.45) is 0 Å². The standard InChI is InChI=1S/C14H26N2O2S/c1-10(2)14-15-11(3)13(19-14)12(4)16(5)6-8-18-9-7-17/h10,12,17H,6-9H2,1-5H3. The van der Waals surface area contributed by atoms with E-state index in [1.807, 2.05) is 11.3 Å². The molecule has 1 atom stereocenters. The maximum absolute atomic E-state index is 8.66. The first-order chi connectivity index (χ1) is 8.97. The Morgan fingerprint density at radius 3 is 2.53 bits per heavy atom. The number of ether oxygens (including phenoxy) is 1. The molecule has 0 amide bonds. The van der Waals surface area contributed by atoms with E-state index in [0.29, 0.717) is 25.2 Å². The van der Waals surface area contributed by atoms with E-state index in [2.05, 4.69) is 44.6 Å². The second kappa shape index (κ2) is 7.94. The first-order valence-corrected chi connectivity index (χ1v) is 7.65. The summed E-state index contributed by atoms with van der Waals surface area (Å²) >= 11 is 1.81. The number of aromatic nitrogens is 1. The Morgan fingerprint density at radius 1 is 1.32 bits per heavy atom. The number of aryl methyl sites for hydroxylation is 1. The summed E-state index contributed by atoms with van der Waals surface area (Å²) in [6, 6.07) is 0.350. The van der Waals surface area contributed by atoms with Gasteiger partial charge in [-0.3, -0.25) is 4.90 Å². The molecular formula is C14H26N2O2S. The molecule has 1 heterocycles. The van der Waals surface area contributed by atoms with Gasteiger partial charge in [0.2, 0.25) is 0 Å². The van der Waals surface area contributed by atoms with Crippen molar-refractivity contribution in [3.8, 4) is 0 Å². The first-order valence-electron chi connectivity index (χ1n) is 6.83. The molecule has 110 valence electrons. The fraction of sp³-hybridized carbons (Fsp3) is 0.786. The molecule has 1 N–H and O–H groups in total. The van der Waals surface area contributed by atoms with Gasteiger partial charge in [0.1, 0.15) is 0 Å². The number of aliphatic hydroxyl groups is 1. The van der Waals surface area contributed by atoms with Crippen LogP contribution in [0.25, 0.3) is 0 Å². The van der Waals surface area contributed by atoms with E-state index in [-0.39, 0.29) is 6.61 Å². The normalized spacial score (nSPS) is 13.5. The number of thiazole rings is 1. The van der Waals surface area contributed by atoms with Gasteiger partial charge in [0.25, 0.3) is 0 Å². The second-order valence-corrected chi connectivity index (χ2v) is 6.21. The summed E-state index contributed by atoms with van der Waals surface area (Å²) in [5.41, 5.74) is 1.14. The summed E-state index contributed by atoms with van der Waals surface area (Å²) in [6.07, 6.45) is 0. The maximum atomic E-state index is 8.66. The first kappa shape index (κ1) is 16.6. The fourth-order valence-electron chi connectivity index (χ4n) is 1.83. The molecule has 0 saturated carbocycles. The Kier molecular flexibility index (Phi) is 6.93. The molecule has 0 radical (unpaired) electrons. The van der Waals surface area contributed by atoms with Gasteiger partial charge in [0.15, 0.2) is 0 Å². The maximum Gasteiger partial charge on any atom is 0.0956 e. The molecular weight excluding hydrogens is 260 g/mol. The minimum atomic E-state index is 0.0883. The van der Waals surface area contributed by atoms with Crippen molar-refractivity contribution < 1.29 is 9.84 Å². The van der Waals surface area contributed by atoms with Crippen LogP contribution in [-0.4, -0.2) is 48.4 Å². The average Bonchev–Trinajstić information content (AvgIpc) is 2.76. The molecule has 5 heteroatoms. The molecule has 0 fully saturated rings. The fourth-order valence-corrected chi connectivity index (χ4v) is 3.02. The summed E-state index contributed by atoms with van der Waals surface area (Å²) in [5.74, 6) is 0.489. The van der Waals surface area contributed by atoms with Crippen molar-refractivity contribution in [3.05, 3.63) is 15.6 Å². The molecule has 0 aliphatic rings. The number of hydrogen-bond donors (Lipinski definition) is 1. The van der Waals surface area contributed by atoms with Crippen LogP contribution in [0.1, 0.15) is 48.3 Å². The molecule has 1 rings (SSSR count). The van der Waals surface area contributed by atoms with Gasteiger partial charge in [-0.15, -0.1) is 11.3 Å². The Labute approximate surface area is 120 Å². The zero-order valence-electron chi connectivity index (χ0n) is 12.6. The smallest absolute Gasteiger partial charge is 0.0956 e. The minimum Gasteiger partial charge on any atom is -0.394 e. The van der Waals surface area contributed by atoms with Crippen molar-refractivity contribution in [1.82, 2.24) is 9.88 Å². The van der Waals surface area contributed by atoms with Gasteiger partial charge in [-0.1, -0.05) is 13.8 Å². The highest BCUT2D eigenvalue weighted by molar-refractivity contribution is 7.11. The van der Waals surface area contributed by atoms with Crippen LogP contribution in [0.5, 0.6) is 0 Å². The minimum absolute atomic E-state index is 0.0883. The molecule has 1 unspecified atom stereocenters. The number of hydrogen-bond acceptors (Lipinski definition) is 5. The van der Waals surface area contributed by atoms with Crippen molar-refractivity contribution in [2.75, 3.05) is 33.4 Å². The van der Waals surface area contributed by atoms with Crippen molar-refractivity contribution >= 4 is 11.3 Å². The zero-order valence-corrected chi connectivity index (χ0v) is 13.5. The Morgan fingerprint density at radius 2 is 2.00 bits per heavy atom. The highest BCUT2D eigenvalue weighted by atomic mass is 32.1. The van der Waals surface area contributed by atoms with E-state index in [1.54, 1.807) is 0 Å². The Hall–Kier alpha value is -0.490. The number of likely N-dealkylation sites (N-methyl/N-ethyl adjacent to an activating group) is 1. The van der Waals surface area contributed by atoms with E-state index < -0.39 is 0 Å². The van der Waals surface area contributed by atoms with Gasteiger partial charge in [0, 0.05) is 23.4 Å². The topological polar surface area (TPSA) is 45.6 Å². The Balaban J connectivity index is 2.58. The summed E-state index contributed by atoms with van der Waals surface area (Å²) in [5, 5.41) is 9.88. The SMILES string of the molecule is Cc1nc(C(C)C)sc1C(C)N(C)CCOCCO. The number of nitrogens with zero attached hydrogens (tertiary/aromatic N) is 2. The molecule has 1 aromatic rings. The molecule has 0 bridgehead atoms. The van der Waals surface area contributed by atoms with E-state index in [9.17, 15) is 0 Å². The average molecular weight is 286 g/mol. The van der Waals surface area contributed by atoms with E-state index >= 15 is 0 Å². The molecule has 0 aromatic carbocycles. The zero-order chi connectivity index (χ0) is 14.4. The van der Waals surface area contributed by atoms with Crippen LogP contribution in [0.2, 0.25) is 0 Å². The predicted octanol–water partition coefficient (Wildman–Crippen LogP) is 2.58. The lowest BCUT2D eigenvalue weighted by Crippen LogP contribution is -2.26. The van der Waals surface area contributed by atoms with Gasteiger partial charge >= 0.3 is 0 Å². The summed E-state index contributed by atoms with van der Waals surface area (Å²) in [4.78, 5) is 8.26. The third kappa shape index (κ3) is 4.84. The van der Waals surface area contributed by atoms with Crippen LogP contribution in [-0.2, 0) is 4.74 Å². The van der Waals surface area contributed by atoms with Crippen LogP contribution >= 0.6 is 11.3 Å². The van der Waals surface area contributed by atoms with Gasteiger partial charge in [-0.05, 0) is 20.9 Å². The Bertz CT molecular complexity index is 380. The van der Waals surface area contributed by atoms with Crippen LogP contribution in [0.15, 0.2) is 0 Å². The molecule has 0 spiro atoms. The van der Waals surface area contributed by atoms with Gasteiger partial charge in [0.05, 0.1) is 30.5 Å². The van der Waals surface area contributed by atoms with Crippen LogP contribution in [0.3, 0.4) is 0 Å². The highest BCUT2D eigenvalue weighted by Gasteiger charge is 2.19.